The van der Waals surface area contributed by atoms with Crippen molar-refractivity contribution < 1.29 is 4.79 Å². The molecule has 1 aromatic rings. The van der Waals surface area contributed by atoms with E-state index in [1.807, 2.05) is 11.9 Å². The molecule has 92 valence electrons. The number of aromatic amines is 1. The first-order valence-electron chi connectivity index (χ1n) is 5.87. The van der Waals surface area contributed by atoms with E-state index >= 15 is 0 Å². The van der Waals surface area contributed by atoms with Crippen LogP contribution in [0.25, 0.3) is 0 Å². The second kappa shape index (κ2) is 5.14. The van der Waals surface area contributed by atoms with Gasteiger partial charge in [-0.05, 0) is 26.0 Å². The van der Waals surface area contributed by atoms with Crippen LogP contribution < -0.4 is 10.9 Å². The second-order valence-corrected chi connectivity index (χ2v) is 4.28. The molecule has 5 nitrogen and oxygen atoms in total. The Morgan fingerprint density at radius 3 is 3.12 bits per heavy atom. The Bertz CT molecular complexity index is 455. The number of amides is 1. The van der Waals surface area contributed by atoms with Gasteiger partial charge < -0.3 is 15.2 Å². The Kier molecular flexibility index (Phi) is 3.58. The first-order chi connectivity index (χ1) is 8.22. The van der Waals surface area contributed by atoms with Gasteiger partial charge >= 0.3 is 0 Å². The number of nitrogens with one attached hydrogen (secondary N) is 2. The topological polar surface area (TPSA) is 65.2 Å². The fraction of sp³-hybridized carbons (Fsp3) is 0.500. The summed E-state index contributed by atoms with van der Waals surface area (Å²) in [6.07, 6.45) is 2.04. The Labute approximate surface area is 99.8 Å². The van der Waals surface area contributed by atoms with E-state index in [0.717, 1.165) is 25.9 Å². The molecule has 1 atom stereocenters. The molecule has 2 heterocycles. The summed E-state index contributed by atoms with van der Waals surface area (Å²) in [6.45, 7) is 1.56. The molecule has 2 N–H and O–H groups in total. The number of hydrogen-bond donors (Lipinski definition) is 2. The summed E-state index contributed by atoms with van der Waals surface area (Å²) in [4.78, 5) is 27.8. The lowest BCUT2D eigenvalue weighted by molar-refractivity contribution is 0.0731. The van der Waals surface area contributed by atoms with E-state index in [1.165, 1.54) is 6.07 Å². The zero-order valence-corrected chi connectivity index (χ0v) is 9.90. The lowest BCUT2D eigenvalue weighted by Gasteiger charge is -2.24. The van der Waals surface area contributed by atoms with Crippen molar-refractivity contribution in [1.82, 2.24) is 15.2 Å². The van der Waals surface area contributed by atoms with Gasteiger partial charge in [0.15, 0.2) is 0 Å². The molecule has 2 rings (SSSR count). The van der Waals surface area contributed by atoms with Crippen LogP contribution in [0.4, 0.5) is 0 Å². The molecular formula is C12H17N3O2. The normalized spacial score (nSPS) is 19.6. The van der Waals surface area contributed by atoms with Crippen LogP contribution in [0.5, 0.6) is 0 Å². The van der Waals surface area contributed by atoms with Gasteiger partial charge in [0, 0.05) is 25.2 Å². The average molecular weight is 235 g/mol. The number of hydrogen-bond acceptors (Lipinski definition) is 3. The third-order valence-electron chi connectivity index (χ3n) is 3.08. The van der Waals surface area contributed by atoms with E-state index < -0.39 is 0 Å². The van der Waals surface area contributed by atoms with Crippen molar-refractivity contribution in [2.45, 2.75) is 18.9 Å². The highest BCUT2D eigenvalue weighted by Gasteiger charge is 2.29. The number of likely N-dealkylation sites (tertiary alicyclic amines) is 1. The molecule has 1 aliphatic rings. The Morgan fingerprint density at radius 2 is 2.41 bits per heavy atom. The number of H-pyrrole nitrogens is 1. The molecule has 0 radical (unpaired) electrons. The highest BCUT2D eigenvalue weighted by Crippen LogP contribution is 2.18. The monoisotopic (exact) mass is 235 g/mol. The molecule has 1 aliphatic heterocycles. The molecule has 0 aromatic carbocycles. The van der Waals surface area contributed by atoms with Gasteiger partial charge in [0.2, 0.25) is 5.56 Å². The zero-order chi connectivity index (χ0) is 12.3. The number of aromatic nitrogens is 1. The van der Waals surface area contributed by atoms with Crippen LogP contribution in [0.3, 0.4) is 0 Å². The molecule has 0 aliphatic carbocycles. The Morgan fingerprint density at radius 1 is 1.59 bits per heavy atom. The van der Waals surface area contributed by atoms with E-state index in [0.29, 0.717) is 5.69 Å². The average Bonchev–Trinajstić information content (AvgIpc) is 2.77. The number of carbonyl (C=O) groups excluding carboxylic acids is 1. The van der Waals surface area contributed by atoms with Crippen LogP contribution in [0.15, 0.2) is 23.0 Å². The van der Waals surface area contributed by atoms with E-state index in [9.17, 15) is 9.59 Å². The number of pyridine rings is 1. The molecule has 5 heteroatoms. The van der Waals surface area contributed by atoms with Gasteiger partial charge in [-0.25, -0.2) is 0 Å². The SMILES string of the molecule is CNCC1CCCN1C(=O)c1cccc(=O)[nH]1. The largest absolute Gasteiger partial charge is 0.333 e. The van der Waals surface area contributed by atoms with Gasteiger partial charge in [-0.2, -0.15) is 0 Å². The van der Waals surface area contributed by atoms with Crippen LogP contribution in [-0.2, 0) is 0 Å². The fourth-order valence-corrected chi connectivity index (χ4v) is 2.28. The highest BCUT2D eigenvalue weighted by molar-refractivity contribution is 5.92. The lowest BCUT2D eigenvalue weighted by Crippen LogP contribution is -2.41. The third kappa shape index (κ3) is 2.55. The lowest BCUT2D eigenvalue weighted by atomic mass is 10.2. The van der Waals surface area contributed by atoms with E-state index in [1.54, 1.807) is 12.1 Å². The van der Waals surface area contributed by atoms with E-state index in [-0.39, 0.29) is 17.5 Å². The minimum atomic E-state index is -0.236. The van der Waals surface area contributed by atoms with Gasteiger partial charge in [-0.3, -0.25) is 9.59 Å². The maximum Gasteiger partial charge on any atom is 0.270 e. The van der Waals surface area contributed by atoms with Gasteiger partial charge in [-0.1, -0.05) is 6.07 Å². The predicted molar refractivity (Wildman–Crippen MR) is 65.0 cm³/mol. The summed E-state index contributed by atoms with van der Waals surface area (Å²) >= 11 is 0. The maximum atomic E-state index is 12.2. The number of nitrogens with zero attached hydrogens (tertiary/aromatic N) is 1. The van der Waals surface area contributed by atoms with Crippen LogP contribution in [0, 0.1) is 0 Å². The summed E-state index contributed by atoms with van der Waals surface area (Å²) in [5.74, 6) is -0.0829. The molecule has 1 fully saturated rings. The van der Waals surface area contributed by atoms with Gasteiger partial charge in [0.1, 0.15) is 5.69 Å². The van der Waals surface area contributed by atoms with Crippen LogP contribution in [0.2, 0.25) is 0 Å². The predicted octanol–water partition coefficient (Wildman–Crippen LogP) is 0.199. The molecule has 17 heavy (non-hydrogen) atoms. The fourth-order valence-electron chi connectivity index (χ4n) is 2.28. The second-order valence-electron chi connectivity index (χ2n) is 4.28. The molecule has 1 saturated heterocycles. The molecule has 1 unspecified atom stereocenters. The van der Waals surface area contributed by atoms with Crippen molar-refractivity contribution in [3.63, 3.8) is 0 Å². The van der Waals surface area contributed by atoms with Crippen molar-refractivity contribution in [1.29, 1.82) is 0 Å². The standard InChI is InChI=1S/C12H17N3O2/c1-13-8-9-4-3-7-15(9)12(17)10-5-2-6-11(16)14-10/h2,5-6,9,13H,3-4,7-8H2,1H3,(H,14,16). The molecule has 0 saturated carbocycles. The van der Waals surface area contributed by atoms with Crippen molar-refractivity contribution in [3.05, 3.63) is 34.2 Å². The van der Waals surface area contributed by atoms with E-state index in [4.69, 9.17) is 0 Å². The minimum absolute atomic E-state index is 0.0829. The van der Waals surface area contributed by atoms with Crippen molar-refractivity contribution in [3.8, 4) is 0 Å². The quantitative estimate of drug-likeness (QED) is 0.786. The summed E-state index contributed by atoms with van der Waals surface area (Å²) in [5, 5.41) is 3.09. The number of carbonyl (C=O) groups is 1. The summed E-state index contributed by atoms with van der Waals surface area (Å²) in [7, 11) is 1.88. The van der Waals surface area contributed by atoms with Gasteiger partial charge in [-0.15, -0.1) is 0 Å². The zero-order valence-electron chi connectivity index (χ0n) is 9.90. The molecule has 0 spiro atoms. The highest BCUT2D eigenvalue weighted by atomic mass is 16.2. The first kappa shape index (κ1) is 11.9. The Balaban J connectivity index is 2.16. The molecule has 1 aromatic heterocycles. The summed E-state index contributed by atoms with van der Waals surface area (Å²) < 4.78 is 0. The molecule has 0 bridgehead atoms. The van der Waals surface area contributed by atoms with Crippen molar-refractivity contribution >= 4 is 5.91 Å². The third-order valence-corrected chi connectivity index (χ3v) is 3.08. The van der Waals surface area contributed by atoms with Crippen molar-refractivity contribution in [2.24, 2.45) is 0 Å². The maximum absolute atomic E-state index is 12.2. The van der Waals surface area contributed by atoms with Crippen LogP contribution in [-0.4, -0.2) is 42.0 Å². The number of rotatable bonds is 3. The smallest absolute Gasteiger partial charge is 0.270 e. The van der Waals surface area contributed by atoms with Gasteiger partial charge in [0.25, 0.3) is 5.91 Å². The van der Waals surface area contributed by atoms with Crippen LogP contribution in [0.1, 0.15) is 23.3 Å². The minimum Gasteiger partial charge on any atom is -0.333 e. The van der Waals surface area contributed by atoms with Crippen molar-refractivity contribution in [2.75, 3.05) is 20.1 Å². The summed E-state index contributed by atoms with van der Waals surface area (Å²) in [5.41, 5.74) is 0.140. The first-order valence-corrected chi connectivity index (χ1v) is 5.87. The number of likely N-dealkylation sites (N-methyl/N-ethyl adjacent to an activating group) is 1. The summed E-state index contributed by atoms with van der Waals surface area (Å²) in [6, 6.07) is 4.90. The Hall–Kier alpha value is -1.62. The molecular weight excluding hydrogens is 218 g/mol. The molecule has 1 amide bonds. The van der Waals surface area contributed by atoms with E-state index in [2.05, 4.69) is 10.3 Å². The van der Waals surface area contributed by atoms with Crippen LogP contribution >= 0.6 is 0 Å². The van der Waals surface area contributed by atoms with Gasteiger partial charge in [0.05, 0.1) is 0 Å².